The second kappa shape index (κ2) is 12.0. The molecule has 5 atom stereocenters. The lowest BCUT2D eigenvalue weighted by Crippen LogP contribution is -2.56. The molecule has 10 heteroatoms. The van der Waals surface area contributed by atoms with Crippen LogP contribution < -0.4 is 10.2 Å². The van der Waals surface area contributed by atoms with E-state index in [0.29, 0.717) is 5.69 Å². The number of carbonyl (C=O) groups excluding carboxylic acids is 1. The van der Waals surface area contributed by atoms with Gasteiger partial charge in [-0.25, -0.2) is 0 Å². The molecule has 1 amide bonds. The number of likely N-dealkylation sites (N-methyl/N-ethyl adjacent to an activating group) is 1. The second-order valence-corrected chi connectivity index (χ2v) is 11.0. The van der Waals surface area contributed by atoms with Gasteiger partial charge in [0.1, 0.15) is 23.9 Å². The van der Waals surface area contributed by atoms with E-state index in [0.717, 1.165) is 42.8 Å². The van der Waals surface area contributed by atoms with Gasteiger partial charge in [0.15, 0.2) is 6.29 Å². The Bertz CT molecular complexity index is 1490. The van der Waals surface area contributed by atoms with Crippen molar-refractivity contribution in [3.63, 3.8) is 0 Å². The summed E-state index contributed by atoms with van der Waals surface area (Å²) in [6, 6.07) is 18.6. The Balaban J connectivity index is 1.29. The minimum absolute atomic E-state index is 0.118. The molecule has 5 rings (SSSR count). The van der Waals surface area contributed by atoms with Crippen molar-refractivity contribution in [1.29, 1.82) is 5.26 Å². The Labute approximate surface area is 239 Å². The van der Waals surface area contributed by atoms with E-state index in [1.54, 1.807) is 6.92 Å². The third kappa shape index (κ3) is 6.00. The standard InChI is InChI=1S/C31H37N5O5/c1-19-28(37)29(38)27(41-31(19)40)18-33-30(39)23(17-32)16-24-8-9-26(35(24)3)22-5-4-21-15-25(7-6-20(21)14-22)36-12-10-34(2)11-13-36/h4-9,14-16,19,27-29,31,37-38,40H,10-13,18H2,1-3H3,(H,33,39)/b23-16+/t19-,27-,28-,29-,31?/m1/s1. The molecule has 2 saturated heterocycles. The maximum Gasteiger partial charge on any atom is 0.262 e. The molecule has 1 unspecified atom stereocenters. The molecule has 0 radical (unpaired) electrons. The number of nitrogens with zero attached hydrogens (tertiary/aromatic N) is 4. The van der Waals surface area contributed by atoms with Gasteiger partial charge in [-0.15, -0.1) is 0 Å². The number of aliphatic hydroxyl groups excluding tert-OH is 3. The summed E-state index contributed by atoms with van der Waals surface area (Å²) in [4.78, 5) is 17.5. The van der Waals surface area contributed by atoms with Crippen molar-refractivity contribution in [2.75, 3.05) is 44.7 Å². The van der Waals surface area contributed by atoms with Gasteiger partial charge in [-0.2, -0.15) is 5.26 Å². The van der Waals surface area contributed by atoms with Crippen molar-refractivity contribution in [2.24, 2.45) is 13.0 Å². The number of nitrogens with one attached hydrogen (secondary N) is 1. The van der Waals surface area contributed by atoms with E-state index in [2.05, 4.69) is 58.6 Å². The number of carbonyl (C=O) groups is 1. The fraction of sp³-hybridized carbons (Fsp3) is 0.419. The van der Waals surface area contributed by atoms with Gasteiger partial charge in [0.25, 0.3) is 5.91 Å². The lowest BCUT2D eigenvalue weighted by molar-refractivity contribution is -0.258. The zero-order valence-corrected chi connectivity index (χ0v) is 23.6. The monoisotopic (exact) mass is 559 g/mol. The van der Waals surface area contributed by atoms with Crippen molar-refractivity contribution in [1.82, 2.24) is 14.8 Å². The van der Waals surface area contributed by atoms with E-state index >= 15 is 0 Å². The molecule has 0 aliphatic carbocycles. The Morgan fingerprint density at radius 3 is 2.46 bits per heavy atom. The largest absolute Gasteiger partial charge is 0.390 e. The van der Waals surface area contributed by atoms with Gasteiger partial charge in [-0.3, -0.25) is 4.79 Å². The van der Waals surface area contributed by atoms with E-state index < -0.39 is 36.4 Å². The molecule has 4 N–H and O–H groups in total. The van der Waals surface area contributed by atoms with Crippen LogP contribution >= 0.6 is 0 Å². The molecule has 2 aromatic carbocycles. The van der Waals surface area contributed by atoms with Gasteiger partial charge in [-0.05, 0) is 59.8 Å². The molecular formula is C31H37N5O5. The van der Waals surface area contributed by atoms with Crippen LogP contribution in [-0.2, 0) is 16.6 Å². The maximum atomic E-state index is 12.8. The lowest BCUT2D eigenvalue weighted by Gasteiger charge is -2.39. The molecule has 3 aromatic rings. The van der Waals surface area contributed by atoms with E-state index in [-0.39, 0.29) is 12.1 Å². The van der Waals surface area contributed by atoms with Gasteiger partial charge in [0.05, 0.1) is 6.10 Å². The normalized spacial score (nSPS) is 25.7. The van der Waals surface area contributed by atoms with Crippen LogP contribution in [0.25, 0.3) is 28.1 Å². The number of hydrogen-bond donors (Lipinski definition) is 4. The molecule has 0 bridgehead atoms. The number of nitriles is 1. The molecule has 10 nitrogen and oxygen atoms in total. The fourth-order valence-corrected chi connectivity index (χ4v) is 5.45. The predicted octanol–water partition coefficient (Wildman–Crippen LogP) is 1.70. The molecule has 2 aliphatic rings. The SMILES string of the molecule is C[C@H]1C(O)O[C@H](CNC(=O)/C(C#N)=C/c2ccc(-c3ccc4cc(N5CCN(C)CC5)ccc4c3)n2C)[C@@H](O)[C@@H]1O. The molecule has 2 fully saturated rings. The highest BCUT2D eigenvalue weighted by Crippen LogP contribution is 2.29. The van der Waals surface area contributed by atoms with Crippen LogP contribution in [0.5, 0.6) is 0 Å². The van der Waals surface area contributed by atoms with Crippen LogP contribution in [-0.4, -0.2) is 95.1 Å². The number of ether oxygens (including phenoxy) is 1. The van der Waals surface area contributed by atoms with Gasteiger partial charge < -0.3 is 39.7 Å². The van der Waals surface area contributed by atoms with Crippen LogP contribution in [0.2, 0.25) is 0 Å². The number of rotatable bonds is 6. The van der Waals surface area contributed by atoms with E-state index in [9.17, 15) is 25.4 Å². The molecule has 41 heavy (non-hydrogen) atoms. The molecule has 0 spiro atoms. The summed E-state index contributed by atoms with van der Waals surface area (Å²) >= 11 is 0. The third-order valence-electron chi connectivity index (χ3n) is 8.30. The molecule has 2 aliphatic heterocycles. The highest BCUT2D eigenvalue weighted by molar-refractivity contribution is 6.01. The first kappa shape index (κ1) is 28.8. The Hall–Kier alpha value is -3.72. The zero-order valence-electron chi connectivity index (χ0n) is 23.6. The number of aliphatic hydroxyl groups is 3. The summed E-state index contributed by atoms with van der Waals surface area (Å²) in [6.07, 6.45) is -3.24. The number of aromatic nitrogens is 1. The molecule has 1 aromatic heterocycles. The number of hydrogen-bond acceptors (Lipinski definition) is 8. The fourth-order valence-electron chi connectivity index (χ4n) is 5.45. The summed E-state index contributed by atoms with van der Waals surface area (Å²) in [5.41, 5.74) is 3.75. The quantitative estimate of drug-likeness (QED) is 0.265. The number of amides is 1. The Morgan fingerprint density at radius 1 is 1.02 bits per heavy atom. The van der Waals surface area contributed by atoms with Crippen molar-refractivity contribution in [2.45, 2.75) is 31.5 Å². The topological polar surface area (TPSA) is 134 Å². The van der Waals surface area contributed by atoms with E-state index in [1.165, 1.54) is 17.1 Å². The number of anilines is 1. The maximum absolute atomic E-state index is 12.8. The van der Waals surface area contributed by atoms with Gasteiger partial charge in [0.2, 0.25) is 0 Å². The average molecular weight is 560 g/mol. The van der Waals surface area contributed by atoms with Crippen molar-refractivity contribution >= 4 is 28.4 Å². The minimum Gasteiger partial charge on any atom is -0.390 e. The van der Waals surface area contributed by atoms with E-state index in [1.807, 2.05) is 29.8 Å². The van der Waals surface area contributed by atoms with Crippen LogP contribution in [0.1, 0.15) is 12.6 Å². The first-order valence-electron chi connectivity index (χ1n) is 13.9. The summed E-state index contributed by atoms with van der Waals surface area (Å²) in [5.74, 6) is -1.31. The summed E-state index contributed by atoms with van der Waals surface area (Å²) in [6.45, 7) is 5.53. The Kier molecular flexibility index (Phi) is 8.45. The molecular weight excluding hydrogens is 522 g/mol. The lowest BCUT2D eigenvalue weighted by atomic mass is 9.92. The summed E-state index contributed by atoms with van der Waals surface area (Å²) < 4.78 is 7.25. The number of fused-ring (bicyclic) bond motifs is 1. The van der Waals surface area contributed by atoms with Crippen LogP contribution in [0.15, 0.2) is 54.1 Å². The summed E-state index contributed by atoms with van der Waals surface area (Å²) in [7, 11) is 4.03. The van der Waals surface area contributed by atoms with Crippen molar-refractivity contribution < 1.29 is 24.9 Å². The smallest absolute Gasteiger partial charge is 0.262 e. The van der Waals surface area contributed by atoms with Crippen molar-refractivity contribution in [3.05, 3.63) is 59.8 Å². The predicted molar refractivity (Wildman–Crippen MR) is 157 cm³/mol. The van der Waals surface area contributed by atoms with Crippen molar-refractivity contribution in [3.8, 4) is 17.3 Å². The third-order valence-corrected chi connectivity index (χ3v) is 8.30. The first-order chi connectivity index (χ1) is 19.7. The van der Waals surface area contributed by atoms with Crippen LogP contribution in [0.3, 0.4) is 0 Å². The van der Waals surface area contributed by atoms with Gasteiger partial charge in [0, 0.05) is 62.8 Å². The van der Waals surface area contributed by atoms with E-state index in [4.69, 9.17) is 4.74 Å². The number of benzene rings is 2. The molecule has 0 saturated carbocycles. The molecule has 216 valence electrons. The minimum atomic E-state index is -1.28. The second-order valence-electron chi connectivity index (χ2n) is 11.0. The molecule has 3 heterocycles. The van der Waals surface area contributed by atoms with Crippen LogP contribution in [0, 0.1) is 17.2 Å². The van der Waals surface area contributed by atoms with Crippen LogP contribution in [0.4, 0.5) is 5.69 Å². The number of piperazine rings is 1. The average Bonchev–Trinajstić information content (AvgIpc) is 3.35. The zero-order chi connectivity index (χ0) is 29.3. The first-order valence-corrected chi connectivity index (χ1v) is 13.9. The highest BCUT2D eigenvalue weighted by Gasteiger charge is 2.41. The Morgan fingerprint density at radius 2 is 1.73 bits per heavy atom. The van der Waals surface area contributed by atoms with Gasteiger partial charge >= 0.3 is 0 Å². The highest BCUT2D eigenvalue weighted by atomic mass is 16.6. The van der Waals surface area contributed by atoms with Gasteiger partial charge in [-0.1, -0.05) is 25.1 Å². The summed E-state index contributed by atoms with van der Waals surface area (Å²) in [5, 5.41) is 44.8.